The molecule has 0 spiro atoms. The minimum Gasteiger partial charge on any atom is -0.374 e. The maximum absolute atomic E-state index is 11.0. The molecule has 0 aromatic carbocycles. The van der Waals surface area contributed by atoms with Crippen LogP contribution < -0.4 is 16.4 Å². The van der Waals surface area contributed by atoms with Gasteiger partial charge in [0.05, 0.1) is 0 Å². The molecule has 4 N–H and O–H groups in total. The van der Waals surface area contributed by atoms with Crippen molar-refractivity contribution in [3.8, 4) is 0 Å². The number of ether oxygens (including phenoxy) is 1. The molecular formula is C12H21N5O2. The molecule has 1 unspecified atom stereocenters. The van der Waals surface area contributed by atoms with Crippen molar-refractivity contribution in [2.75, 3.05) is 23.8 Å². The maximum Gasteiger partial charge on any atom is 0.239 e. The Morgan fingerprint density at radius 1 is 1.42 bits per heavy atom. The molecular weight excluding hydrogens is 246 g/mol. The van der Waals surface area contributed by atoms with E-state index in [1.165, 1.54) is 0 Å². The van der Waals surface area contributed by atoms with E-state index in [0.717, 1.165) is 6.54 Å². The molecule has 1 amide bonds. The summed E-state index contributed by atoms with van der Waals surface area (Å²) in [6.45, 7) is 7.23. The van der Waals surface area contributed by atoms with Crippen molar-refractivity contribution in [3.05, 3.63) is 11.9 Å². The van der Waals surface area contributed by atoms with Crippen molar-refractivity contribution < 1.29 is 9.53 Å². The Bertz CT molecular complexity index is 425. The van der Waals surface area contributed by atoms with Gasteiger partial charge in [0.2, 0.25) is 5.91 Å². The van der Waals surface area contributed by atoms with Crippen molar-refractivity contribution in [3.63, 3.8) is 0 Å². The quantitative estimate of drug-likeness (QED) is 0.641. The number of anilines is 2. The van der Waals surface area contributed by atoms with E-state index in [4.69, 9.17) is 10.5 Å². The third-order valence-electron chi connectivity index (χ3n) is 2.36. The second kappa shape index (κ2) is 7.52. The first-order valence-electron chi connectivity index (χ1n) is 6.32. The van der Waals surface area contributed by atoms with Crippen LogP contribution in [0, 0.1) is 0 Å². The van der Waals surface area contributed by atoms with Crippen LogP contribution in [0.15, 0.2) is 6.07 Å². The molecule has 0 saturated carbocycles. The summed E-state index contributed by atoms with van der Waals surface area (Å²) >= 11 is 0. The van der Waals surface area contributed by atoms with E-state index in [1.54, 1.807) is 13.0 Å². The second-order valence-electron chi connectivity index (χ2n) is 3.99. The van der Waals surface area contributed by atoms with Crippen LogP contribution >= 0.6 is 0 Å². The Kier molecular flexibility index (Phi) is 6.01. The molecule has 1 aromatic heterocycles. The fraction of sp³-hybridized carbons (Fsp3) is 0.583. The van der Waals surface area contributed by atoms with E-state index in [1.807, 2.05) is 13.8 Å². The lowest BCUT2D eigenvalue weighted by Crippen LogP contribution is -2.32. The lowest BCUT2D eigenvalue weighted by atomic mass is 10.3. The summed E-state index contributed by atoms with van der Waals surface area (Å²) in [6.07, 6.45) is 0. The Morgan fingerprint density at radius 3 is 2.68 bits per heavy atom. The number of aromatic nitrogens is 2. The Labute approximate surface area is 113 Å². The number of nitrogens with one attached hydrogen (secondary N) is 2. The number of primary amides is 1. The van der Waals surface area contributed by atoms with Gasteiger partial charge in [-0.2, -0.15) is 0 Å². The van der Waals surface area contributed by atoms with Gasteiger partial charge >= 0.3 is 0 Å². The van der Waals surface area contributed by atoms with Gasteiger partial charge < -0.3 is 21.1 Å². The molecule has 0 aliphatic carbocycles. The molecule has 0 aliphatic rings. The highest BCUT2D eigenvalue weighted by atomic mass is 16.5. The molecule has 0 saturated heterocycles. The topological polar surface area (TPSA) is 102 Å². The van der Waals surface area contributed by atoms with E-state index >= 15 is 0 Å². The van der Waals surface area contributed by atoms with Crippen LogP contribution in [-0.4, -0.2) is 35.1 Å². The van der Waals surface area contributed by atoms with Crippen molar-refractivity contribution in [2.24, 2.45) is 5.73 Å². The number of nitrogens with zero attached hydrogens (tertiary/aromatic N) is 2. The molecule has 1 heterocycles. The van der Waals surface area contributed by atoms with E-state index in [0.29, 0.717) is 30.7 Å². The zero-order valence-electron chi connectivity index (χ0n) is 11.6. The molecule has 1 aromatic rings. The standard InChI is InChI=1S/C12H21N5O2/c1-4-14-9-6-10(15-8(3)12(13)18)17-11(16-9)7-19-5-2/h6,8H,4-5,7H2,1-3H3,(H2,13,18)(H2,14,15,16,17). The molecule has 1 atom stereocenters. The highest BCUT2D eigenvalue weighted by Crippen LogP contribution is 2.13. The fourth-order valence-electron chi connectivity index (χ4n) is 1.39. The smallest absolute Gasteiger partial charge is 0.239 e. The van der Waals surface area contributed by atoms with Crippen LogP contribution in [0.5, 0.6) is 0 Å². The van der Waals surface area contributed by atoms with Gasteiger partial charge in [-0.15, -0.1) is 0 Å². The average Bonchev–Trinajstić information content (AvgIpc) is 2.36. The van der Waals surface area contributed by atoms with Gasteiger partial charge in [-0.25, -0.2) is 9.97 Å². The summed E-state index contributed by atoms with van der Waals surface area (Å²) in [7, 11) is 0. The van der Waals surface area contributed by atoms with Gasteiger partial charge in [0.1, 0.15) is 24.3 Å². The van der Waals surface area contributed by atoms with Gasteiger partial charge in [-0.3, -0.25) is 4.79 Å². The SMILES string of the molecule is CCNc1cc(NC(C)C(N)=O)nc(COCC)n1. The van der Waals surface area contributed by atoms with Crippen LogP contribution in [0.3, 0.4) is 0 Å². The Morgan fingerprint density at radius 2 is 2.11 bits per heavy atom. The lowest BCUT2D eigenvalue weighted by Gasteiger charge is -2.13. The first-order chi connectivity index (χ1) is 9.06. The van der Waals surface area contributed by atoms with Crippen molar-refractivity contribution in [2.45, 2.75) is 33.4 Å². The van der Waals surface area contributed by atoms with E-state index in [2.05, 4.69) is 20.6 Å². The van der Waals surface area contributed by atoms with Crippen LogP contribution in [-0.2, 0) is 16.1 Å². The van der Waals surface area contributed by atoms with Crippen molar-refractivity contribution >= 4 is 17.5 Å². The maximum atomic E-state index is 11.0. The molecule has 1 rings (SSSR count). The van der Waals surface area contributed by atoms with Crippen molar-refractivity contribution in [1.29, 1.82) is 0 Å². The summed E-state index contributed by atoms with van der Waals surface area (Å²) in [5.74, 6) is 1.35. The normalized spacial score (nSPS) is 11.9. The summed E-state index contributed by atoms with van der Waals surface area (Å²) < 4.78 is 5.29. The van der Waals surface area contributed by atoms with E-state index in [9.17, 15) is 4.79 Å². The van der Waals surface area contributed by atoms with Crippen LogP contribution in [0.1, 0.15) is 26.6 Å². The minimum absolute atomic E-state index is 0.329. The van der Waals surface area contributed by atoms with Gasteiger partial charge in [0, 0.05) is 19.2 Å². The zero-order valence-corrected chi connectivity index (χ0v) is 11.6. The largest absolute Gasteiger partial charge is 0.374 e. The monoisotopic (exact) mass is 267 g/mol. The fourth-order valence-corrected chi connectivity index (χ4v) is 1.39. The highest BCUT2D eigenvalue weighted by Gasteiger charge is 2.11. The molecule has 19 heavy (non-hydrogen) atoms. The van der Waals surface area contributed by atoms with Crippen LogP contribution in [0.25, 0.3) is 0 Å². The summed E-state index contributed by atoms with van der Waals surface area (Å²) in [6, 6.07) is 1.24. The van der Waals surface area contributed by atoms with Gasteiger partial charge in [0.15, 0.2) is 5.82 Å². The Hall–Kier alpha value is -1.89. The average molecular weight is 267 g/mol. The number of hydrogen-bond acceptors (Lipinski definition) is 6. The molecule has 7 heteroatoms. The third kappa shape index (κ3) is 5.09. The Balaban J connectivity index is 2.88. The first kappa shape index (κ1) is 15.2. The summed E-state index contributed by atoms with van der Waals surface area (Å²) in [5, 5.41) is 6.04. The van der Waals surface area contributed by atoms with Crippen LogP contribution in [0.4, 0.5) is 11.6 Å². The summed E-state index contributed by atoms with van der Waals surface area (Å²) in [5.41, 5.74) is 5.21. The van der Waals surface area contributed by atoms with E-state index < -0.39 is 11.9 Å². The zero-order chi connectivity index (χ0) is 14.3. The molecule has 0 fully saturated rings. The summed E-state index contributed by atoms with van der Waals surface area (Å²) in [4.78, 5) is 19.6. The van der Waals surface area contributed by atoms with Gasteiger partial charge in [-0.1, -0.05) is 0 Å². The van der Waals surface area contributed by atoms with Gasteiger partial charge in [-0.05, 0) is 20.8 Å². The minimum atomic E-state index is -0.496. The van der Waals surface area contributed by atoms with Crippen LogP contribution in [0.2, 0.25) is 0 Å². The first-order valence-corrected chi connectivity index (χ1v) is 6.32. The van der Waals surface area contributed by atoms with Crippen molar-refractivity contribution in [1.82, 2.24) is 9.97 Å². The molecule has 0 radical (unpaired) electrons. The number of nitrogens with two attached hydrogens (primary N) is 1. The third-order valence-corrected chi connectivity index (χ3v) is 2.36. The second-order valence-corrected chi connectivity index (χ2v) is 3.99. The predicted octanol–water partition coefficient (Wildman–Crippen LogP) is 0.731. The molecule has 0 aliphatic heterocycles. The molecule has 106 valence electrons. The number of hydrogen-bond donors (Lipinski definition) is 3. The van der Waals surface area contributed by atoms with E-state index in [-0.39, 0.29) is 0 Å². The highest BCUT2D eigenvalue weighted by molar-refractivity contribution is 5.82. The number of carbonyl (C=O) groups is 1. The van der Waals surface area contributed by atoms with Gasteiger partial charge in [0.25, 0.3) is 0 Å². The number of amides is 1. The lowest BCUT2D eigenvalue weighted by molar-refractivity contribution is -0.118. The number of rotatable bonds is 8. The predicted molar refractivity (Wildman–Crippen MR) is 73.8 cm³/mol. The number of carbonyl (C=O) groups excluding carboxylic acids is 1. The molecule has 7 nitrogen and oxygen atoms in total. The molecule has 0 bridgehead atoms.